The SMILES string of the molecule is CC(=NOCc1ccc(C(=O)N2CCOCC2)o1)c1cccc(C(F)(F)F)c1. The van der Waals surface area contributed by atoms with Gasteiger partial charge in [-0.15, -0.1) is 0 Å². The zero-order chi connectivity index (χ0) is 20.1. The third-order valence-electron chi connectivity index (χ3n) is 4.19. The molecule has 0 bridgehead atoms. The van der Waals surface area contributed by atoms with E-state index >= 15 is 0 Å². The predicted octanol–water partition coefficient (Wildman–Crippen LogP) is 3.71. The van der Waals surface area contributed by atoms with E-state index in [9.17, 15) is 18.0 Å². The van der Waals surface area contributed by atoms with E-state index in [0.29, 0.717) is 43.3 Å². The van der Waals surface area contributed by atoms with Gasteiger partial charge in [0.15, 0.2) is 12.4 Å². The highest BCUT2D eigenvalue weighted by molar-refractivity contribution is 5.98. The fourth-order valence-corrected chi connectivity index (χ4v) is 2.66. The molecule has 0 radical (unpaired) electrons. The van der Waals surface area contributed by atoms with Crippen LogP contribution < -0.4 is 0 Å². The van der Waals surface area contributed by atoms with E-state index in [-0.39, 0.29) is 18.3 Å². The van der Waals surface area contributed by atoms with Crippen LogP contribution in [0.3, 0.4) is 0 Å². The second-order valence-electron chi connectivity index (χ2n) is 6.20. The maximum Gasteiger partial charge on any atom is 0.416 e. The monoisotopic (exact) mass is 396 g/mol. The summed E-state index contributed by atoms with van der Waals surface area (Å²) in [5.41, 5.74) is -0.156. The number of furan rings is 1. The minimum Gasteiger partial charge on any atom is -0.452 e. The minimum atomic E-state index is -4.42. The molecule has 150 valence electrons. The van der Waals surface area contributed by atoms with Crippen molar-refractivity contribution in [3.8, 4) is 0 Å². The van der Waals surface area contributed by atoms with Crippen LogP contribution in [0.15, 0.2) is 46.0 Å². The molecule has 6 nitrogen and oxygen atoms in total. The van der Waals surface area contributed by atoms with Crippen molar-refractivity contribution in [3.63, 3.8) is 0 Å². The molecule has 1 saturated heterocycles. The Bertz CT molecular complexity index is 855. The van der Waals surface area contributed by atoms with E-state index in [1.807, 2.05) is 0 Å². The van der Waals surface area contributed by atoms with E-state index < -0.39 is 11.7 Å². The van der Waals surface area contributed by atoms with Gasteiger partial charge in [0.2, 0.25) is 0 Å². The van der Waals surface area contributed by atoms with Gasteiger partial charge in [0.05, 0.1) is 24.5 Å². The van der Waals surface area contributed by atoms with E-state index in [1.165, 1.54) is 12.1 Å². The molecule has 0 N–H and O–H groups in total. The third kappa shape index (κ3) is 4.92. The molecule has 1 amide bonds. The summed E-state index contributed by atoms with van der Waals surface area (Å²) >= 11 is 0. The molecule has 0 unspecified atom stereocenters. The second-order valence-corrected chi connectivity index (χ2v) is 6.20. The molecule has 0 saturated carbocycles. The second kappa shape index (κ2) is 8.47. The van der Waals surface area contributed by atoms with Gasteiger partial charge in [-0.1, -0.05) is 17.3 Å². The maximum absolute atomic E-state index is 12.8. The number of carbonyl (C=O) groups excluding carboxylic acids is 1. The van der Waals surface area contributed by atoms with Gasteiger partial charge in [0.25, 0.3) is 5.91 Å². The van der Waals surface area contributed by atoms with Gasteiger partial charge in [-0.2, -0.15) is 13.2 Å². The van der Waals surface area contributed by atoms with Crippen molar-refractivity contribution < 1.29 is 32.0 Å². The molecule has 9 heteroatoms. The van der Waals surface area contributed by atoms with Crippen LogP contribution in [-0.2, 0) is 22.4 Å². The Morgan fingerprint density at radius 2 is 1.96 bits per heavy atom. The molecule has 1 aliphatic rings. The minimum absolute atomic E-state index is 0.0489. The number of ether oxygens (including phenoxy) is 1. The number of nitrogens with zero attached hydrogens (tertiary/aromatic N) is 2. The zero-order valence-electron chi connectivity index (χ0n) is 15.2. The predicted molar refractivity (Wildman–Crippen MR) is 93.9 cm³/mol. The smallest absolute Gasteiger partial charge is 0.416 e. The van der Waals surface area contributed by atoms with Crippen LogP contribution in [0.1, 0.15) is 34.4 Å². The first kappa shape index (κ1) is 19.9. The van der Waals surface area contributed by atoms with Crippen molar-refractivity contribution in [1.29, 1.82) is 0 Å². The number of halogens is 3. The van der Waals surface area contributed by atoms with E-state index in [2.05, 4.69) is 5.16 Å². The molecule has 1 aliphatic heterocycles. The first-order valence-corrected chi connectivity index (χ1v) is 8.64. The van der Waals surface area contributed by atoms with Gasteiger partial charge >= 0.3 is 6.18 Å². The molecule has 1 fully saturated rings. The normalized spacial score (nSPS) is 15.6. The van der Waals surface area contributed by atoms with Gasteiger partial charge in [-0.3, -0.25) is 4.79 Å². The number of amides is 1. The lowest BCUT2D eigenvalue weighted by Gasteiger charge is -2.25. The van der Waals surface area contributed by atoms with Crippen molar-refractivity contribution >= 4 is 11.6 Å². The first-order valence-electron chi connectivity index (χ1n) is 8.64. The number of hydrogen-bond acceptors (Lipinski definition) is 5. The molecular weight excluding hydrogens is 377 g/mol. The molecular formula is C19H19F3N2O4. The van der Waals surface area contributed by atoms with Gasteiger partial charge in [0.1, 0.15) is 5.76 Å². The molecule has 0 aliphatic carbocycles. The summed E-state index contributed by atoms with van der Waals surface area (Å²) in [5.74, 6) is 0.356. The first-order chi connectivity index (χ1) is 13.3. The molecule has 3 rings (SSSR count). The van der Waals surface area contributed by atoms with Crippen molar-refractivity contribution in [2.45, 2.75) is 19.7 Å². The average Bonchev–Trinajstić information content (AvgIpc) is 3.16. The highest BCUT2D eigenvalue weighted by Gasteiger charge is 2.30. The number of oxime groups is 1. The summed E-state index contributed by atoms with van der Waals surface area (Å²) in [6.45, 7) is 3.49. The molecule has 2 heterocycles. The van der Waals surface area contributed by atoms with E-state index in [0.717, 1.165) is 12.1 Å². The lowest BCUT2D eigenvalue weighted by molar-refractivity contribution is -0.137. The number of benzene rings is 1. The Labute approximate surface area is 159 Å². The number of rotatable bonds is 5. The fourth-order valence-electron chi connectivity index (χ4n) is 2.66. The summed E-state index contributed by atoms with van der Waals surface area (Å²) in [5, 5.41) is 3.83. The number of morpholine rings is 1. The Hall–Kier alpha value is -2.81. The highest BCUT2D eigenvalue weighted by atomic mass is 19.4. The topological polar surface area (TPSA) is 64.3 Å². The highest BCUT2D eigenvalue weighted by Crippen LogP contribution is 2.29. The Morgan fingerprint density at radius 1 is 1.21 bits per heavy atom. The van der Waals surface area contributed by atoms with Crippen molar-refractivity contribution in [1.82, 2.24) is 4.90 Å². The quantitative estimate of drug-likeness (QED) is 0.571. The largest absolute Gasteiger partial charge is 0.452 e. The third-order valence-corrected chi connectivity index (χ3v) is 4.19. The number of carbonyl (C=O) groups is 1. The molecule has 2 aromatic rings. The summed E-state index contributed by atoms with van der Waals surface area (Å²) in [6, 6.07) is 7.99. The van der Waals surface area contributed by atoms with Gasteiger partial charge < -0.3 is 18.9 Å². The lowest BCUT2D eigenvalue weighted by atomic mass is 10.1. The summed E-state index contributed by atoms with van der Waals surface area (Å²) < 4.78 is 49.0. The van der Waals surface area contributed by atoms with Crippen LogP contribution in [0.25, 0.3) is 0 Å². The zero-order valence-corrected chi connectivity index (χ0v) is 15.2. The molecule has 1 aromatic heterocycles. The summed E-state index contributed by atoms with van der Waals surface area (Å²) in [6.07, 6.45) is -4.42. The number of hydrogen-bond donors (Lipinski definition) is 0. The average molecular weight is 396 g/mol. The Balaban J connectivity index is 1.59. The van der Waals surface area contributed by atoms with Crippen LogP contribution in [0.5, 0.6) is 0 Å². The number of alkyl halides is 3. The van der Waals surface area contributed by atoms with Crippen molar-refractivity contribution in [2.24, 2.45) is 5.16 Å². The molecule has 0 atom stereocenters. The van der Waals surface area contributed by atoms with Crippen LogP contribution in [0, 0.1) is 0 Å². The Morgan fingerprint density at radius 3 is 2.68 bits per heavy atom. The molecule has 28 heavy (non-hydrogen) atoms. The van der Waals surface area contributed by atoms with E-state index in [1.54, 1.807) is 24.0 Å². The van der Waals surface area contributed by atoms with Crippen LogP contribution >= 0.6 is 0 Å². The molecule has 1 aromatic carbocycles. The standard InChI is InChI=1S/C19H19F3N2O4/c1-13(14-3-2-4-15(11-14)19(20,21)22)23-27-12-16-5-6-17(28-16)18(25)24-7-9-26-10-8-24/h2-6,11H,7-10,12H2,1H3. The van der Waals surface area contributed by atoms with Crippen LogP contribution in [0.4, 0.5) is 13.2 Å². The van der Waals surface area contributed by atoms with Crippen molar-refractivity contribution in [3.05, 3.63) is 59.0 Å². The van der Waals surface area contributed by atoms with Gasteiger partial charge in [0, 0.05) is 13.1 Å². The fraction of sp³-hybridized carbons (Fsp3) is 0.368. The van der Waals surface area contributed by atoms with Gasteiger partial charge in [-0.25, -0.2) is 0 Å². The van der Waals surface area contributed by atoms with Crippen LogP contribution in [0.2, 0.25) is 0 Å². The van der Waals surface area contributed by atoms with Crippen molar-refractivity contribution in [2.75, 3.05) is 26.3 Å². The summed E-state index contributed by atoms with van der Waals surface area (Å²) in [7, 11) is 0. The molecule has 0 spiro atoms. The summed E-state index contributed by atoms with van der Waals surface area (Å²) in [4.78, 5) is 19.1. The van der Waals surface area contributed by atoms with E-state index in [4.69, 9.17) is 14.0 Å². The maximum atomic E-state index is 12.8. The van der Waals surface area contributed by atoms with Gasteiger partial charge in [-0.05, 0) is 36.8 Å². The van der Waals surface area contributed by atoms with Crippen LogP contribution in [-0.4, -0.2) is 42.8 Å². The lowest BCUT2D eigenvalue weighted by Crippen LogP contribution is -2.40. The Kier molecular flexibility index (Phi) is 6.03.